The van der Waals surface area contributed by atoms with Crippen molar-refractivity contribution in [3.63, 3.8) is 0 Å². The lowest BCUT2D eigenvalue weighted by Gasteiger charge is -2.14. The van der Waals surface area contributed by atoms with E-state index in [4.69, 9.17) is 0 Å². The summed E-state index contributed by atoms with van der Waals surface area (Å²) in [4.78, 5) is 0. The molecule has 3 rings (SSSR count). The van der Waals surface area contributed by atoms with Crippen LogP contribution in [0.25, 0.3) is 0 Å². The van der Waals surface area contributed by atoms with E-state index in [1.807, 2.05) is 0 Å². The molecular weight excluding hydrogens is 170 g/mol. The van der Waals surface area contributed by atoms with Gasteiger partial charge in [0, 0.05) is 24.4 Å². The summed E-state index contributed by atoms with van der Waals surface area (Å²) in [6, 6.07) is 2.48. The Labute approximate surface area is 86.1 Å². The molecule has 0 amide bonds. The van der Waals surface area contributed by atoms with E-state index in [1.165, 1.54) is 25.0 Å². The van der Waals surface area contributed by atoms with Crippen LogP contribution in [0.2, 0.25) is 0 Å². The standard InChI is InChI=1S/C13H19N/c1-8(2)12-7-11-9-4-5-10(6-9)13(11)14(12)3/h7-10H,4-6H2,1-3H3. The molecule has 0 radical (unpaired) electrons. The molecule has 2 unspecified atom stereocenters. The van der Waals surface area contributed by atoms with E-state index in [9.17, 15) is 0 Å². The summed E-state index contributed by atoms with van der Waals surface area (Å²) in [6.45, 7) is 4.60. The molecule has 76 valence electrons. The number of aromatic nitrogens is 1. The second-order valence-corrected chi connectivity index (χ2v) is 5.33. The van der Waals surface area contributed by atoms with Gasteiger partial charge in [0.25, 0.3) is 0 Å². The second-order valence-electron chi connectivity index (χ2n) is 5.33. The van der Waals surface area contributed by atoms with Crippen molar-refractivity contribution in [3.05, 3.63) is 23.0 Å². The number of hydrogen-bond donors (Lipinski definition) is 0. The summed E-state index contributed by atoms with van der Waals surface area (Å²) in [7, 11) is 2.26. The second kappa shape index (κ2) is 2.65. The summed E-state index contributed by atoms with van der Waals surface area (Å²) in [5.74, 6) is 2.48. The molecule has 2 aliphatic rings. The van der Waals surface area contributed by atoms with Gasteiger partial charge in [-0.25, -0.2) is 0 Å². The number of rotatable bonds is 1. The van der Waals surface area contributed by atoms with Crippen LogP contribution < -0.4 is 0 Å². The molecule has 0 N–H and O–H groups in total. The van der Waals surface area contributed by atoms with Gasteiger partial charge in [0.1, 0.15) is 0 Å². The van der Waals surface area contributed by atoms with Gasteiger partial charge in [0.15, 0.2) is 0 Å². The fourth-order valence-electron chi connectivity index (χ4n) is 3.57. The number of hydrogen-bond acceptors (Lipinski definition) is 0. The third kappa shape index (κ3) is 0.906. The zero-order valence-electron chi connectivity index (χ0n) is 9.38. The molecule has 2 bridgehead atoms. The largest absolute Gasteiger partial charge is 0.351 e. The van der Waals surface area contributed by atoms with Gasteiger partial charge in [-0.2, -0.15) is 0 Å². The lowest BCUT2D eigenvalue weighted by molar-refractivity contribution is 0.637. The Bertz CT molecular complexity index is 373. The van der Waals surface area contributed by atoms with Gasteiger partial charge in [-0.15, -0.1) is 0 Å². The van der Waals surface area contributed by atoms with Crippen LogP contribution in [0.5, 0.6) is 0 Å². The van der Waals surface area contributed by atoms with Crippen molar-refractivity contribution in [1.29, 1.82) is 0 Å². The molecule has 2 atom stereocenters. The third-order valence-corrected chi connectivity index (χ3v) is 4.20. The lowest BCUT2D eigenvalue weighted by Crippen LogP contribution is -2.05. The summed E-state index contributed by atoms with van der Waals surface area (Å²) in [6.07, 6.45) is 4.32. The fourth-order valence-corrected chi connectivity index (χ4v) is 3.57. The highest BCUT2D eigenvalue weighted by atomic mass is 15.0. The van der Waals surface area contributed by atoms with Crippen LogP contribution in [0, 0.1) is 0 Å². The first-order chi connectivity index (χ1) is 6.68. The minimum atomic E-state index is 0.671. The van der Waals surface area contributed by atoms with Gasteiger partial charge in [0.2, 0.25) is 0 Å². The minimum absolute atomic E-state index is 0.671. The Morgan fingerprint density at radius 1 is 1.29 bits per heavy atom. The third-order valence-electron chi connectivity index (χ3n) is 4.20. The van der Waals surface area contributed by atoms with E-state index < -0.39 is 0 Å². The van der Waals surface area contributed by atoms with E-state index >= 15 is 0 Å². The van der Waals surface area contributed by atoms with E-state index in [0.29, 0.717) is 5.92 Å². The van der Waals surface area contributed by atoms with Crippen LogP contribution in [0.4, 0.5) is 0 Å². The number of fused-ring (bicyclic) bond motifs is 5. The molecule has 1 heteroatoms. The maximum atomic E-state index is 2.48. The van der Waals surface area contributed by atoms with Crippen molar-refractivity contribution in [2.75, 3.05) is 0 Å². The van der Waals surface area contributed by atoms with Crippen molar-refractivity contribution >= 4 is 0 Å². The molecule has 1 nitrogen and oxygen atoms in total. The van der Waals surface area contributed by atoms with Crippen LogP contribution in [0.15, 0.2) is 6.07 Å². The molecule has 1 aromatic heterocycles. The van der Waals surface area contributed by atoms with Crippen molar-refractivity contribution < 1.29 is 0 Å². The lowest BCUT2D eigenvalue weighted by atomic mass is 9.97. The Morgan fingerprint density at radius 2 is 2.00 bits per heavy atom. The van der Waals surface area contributed by atoms with Gasteiger partial charge in [-0.05, 0) is 42.7 Å². The maximum Gasteiger partial charge on any atom is 0.0240 e. The Morgan fingerprint density at radius 3 is 2.64 bits per heavy atom. The van der Waals surface area contributed by atoms with Crippen LogP contribution in [-0.4, -0.2) is 4.57 Å². The average molecular weight is 189 g/mol. The van der Waals surface area contributed by atoms with E-state index in [1.54, 1.807) is 11.3 Å². The molecule has 0 aliphatic heterocycles. The zero-order valence-corrected chi connectivity index (χ0v) is 9.38. The highest BCUT2D eigenvalue weighted by molar-refractivity contribution is 5.41. The molecule has 0 aromatic carbocycles. The summed E-state index contributed by atoms with van der Waals surface area (Å²) < 4.78 is 2.48. The Hall–Kier alpha value is -0.720. The molecule has 2 aliphatic carbocycles. The predicted molar refractivity (Wildman–Crippen MR) is 58.8 cm³/mol. The van der Waals surface area contributed by atoms with Crippen LogP contribution in [0.3, 0.4) is 0 Å². The van der Waals surface area contributed by atoms with Crippen molar-refractivity contribution in [2.24, 2.45) is 7.05 Å². The SMILES string of the molecule is CC(C)c1cc2c(n1C)C1CCC2C1. The van der Waals surface area contributed by atoms with Gasteiger partial charge in [-0.1, -0.05) is 13.8 Å². The molecule has 1 fully saturated rings. The van der Waals surface area contributed by atoms with E-state index in [2.05, 4.69) is 31.5 Å². The van der Waals surface area contributed by atoms with Gasteiger partial charge < -0.3 is 4.57 Å². The smallest absolute Gasteiger partial charge is 0.0240 e. The van der Waals surface area contributed by atoms with Gasteiger partial charge >= 0.3 is 0 Å². The van der Waals surface area contributed by atoms with Crippen LogP contribution in [0.1, 0.15) is 67.8 Å². The van der Waals surface area contributed by atoms with Crippen LogP contribution in [-0.2, 0) is 7.05 Å². The quantitative estimate of drug-likeness (QED) is 0.637. The first kappa shape index (κ1) is 8.58. The van der Waals surface area contributed by atoms with Crippen molar-refractivity contribution in [2.45, 2.75) is 50.9 Å². The summed E-state index contributed by atoms with van der Waals surface area (Å²) in [5.41, 5.74) is 4.89. The molecule has 1 aromatic rings. The molecule has 1 heterocycles. The topological polar surface area (TPSA) is 4.93 Å². The molecule has 1 saturated carbocycles. The highest BCUT2D eigenvalue weighted by Gasteiger charge is 2.39. The molecule has 14 heavy (non-hydrogen) atoms. The van der Waals surface area contributed by atoms with Crippen LogP contribution >= 0.6 is 0 Å². The number of nitrogens with zero attached hydrogens (tertiary/aromatic N) is 1. The van der Waals surface area contributed by atoms with E-state index in [-0.39, 0.29) is 0 Å². The first-order valence-electron chi connectivity index (χ1n) is 5.88. The van der Waals surface area contributed by atoms with Crippen molar-refractivity contribution in [1.82, 2.24) is 4.57 Å². The highest BCUT2D eigenvalue weighted by Crippen LogP contribution is 2.54. The summed E-state index contributed by atoms with van der Waals surface area (Å²) in [5, 5.41) is 0. The van der Waals surface area contributed by atoms with Gasteiger partial charge in [0.05, 0.1) is 0 Å². The minimum Gasteiger partial charge on any atom is -0.351 e. The summed E-state index contributed by atoms with van der Waals surface area (Å²) >= 11 is 0. The predicted octanol–water partition coefficient (Wildman–Crippen LogP) is 3.51. The first-order valence-corrected chi connectivity index (χ1v) is 5.88. The van der Waals surface area contributed by atoms with Crippen molar-refractivity contribution in [3.8, 4) is 0 Å². The van der Waals surface area contributed by atoms with Gasteiger partial charge in [-0.3, -0.25) is 0 Å². The fraction of sp³-hybridized carbons (Fsp3) is 0.692. The molecule has 0 saturated heterocycles. The normalized spacial score (nSPS) is 28.9. The van der Waals surface area contributed by atoms with E-state index in [0.717, 1.165) is 11.8 Å². The molecular formula is C13H19N. The Balaban J connectivity index is 2.15. The molecule has 0 spiro atoms. The maximum absolute atomic E-state index is 2.48. The zero-order chi connectivity index (χ0) is 9.87. The average Bonchev–Trinajstić information content (AvgIpc) is 2.75. The monoisotopic (exact) mass is 189 g/mol. The Kier molecular flexibility index (Phi) is 1.62.